The van der Waals surface area contributed by atoms with Crippen molar-refractivity contribution in [3.8, 4) is 0 Å². The molecule has 3 amide bonds. The summed E-state index contributed by atoms with van der Waals surface area (Å²) in [7, 11) is 0. The minimum atomic E-state index is -0.926. The molecule has 0 spiro atoms. The Morgan fingerprint density at radius 2 is 1.94 bits per heavy atom. The van der Waals surface area contributed by atoms with E-state index in [2.05, 4.69) is 41.4 Å². The number of hydrogen-bond donors (Lipinski definition) is 3. The number of imidazole rings is 1. The second-order valence-electron chi connectivity index (χ2n) is 10.3. The van der Waals surface area contributed by atoms with Crippen LogP contribution in [0.1, 0.15) is 78.6 Å². The molecule has 1 aliphatic heterocycles. The highest BCUT2D eigenvalue weighted by molar-refractivity contribution is 5.92. The lowest BCUT2D eigenvalue weighted by Crippen LogP contribution is -2.50. The Bertz CT molecular complexity index is 960. The molecular weight excluding hydrogens is 418 g/mol. The highest BCUT2D eigenvalue weighted by Gasteiger charge is 2.31. The number of para-hydroxylation sites is 2. The molecule has 2 aromatic rings. The number of fused-ring (bicyclic) bond motifs is 1. The summed E-state index contributed by atoms with van der Waals surface area (Å²) in [5.41, 5.74) is 1.71. The van der Waals surface area contributed by atoms with E-state index in [9.17, 15) is 14.4 Å². The molecule has 1 aromatic heterocycles. The number of nitrogens with one attached hydrogen (secondary N) is 3. The number of benzene rings is 1. The Balaban J connectivity index is 1.69. The molecule has 33 heavy (non-hydrogen) atoms. The van der Waals surface area contributed by atoms with Crippen LogP contribution in [0.25, 0.3) is 11.0 Å². The number of aromatic nitrogens is 2. The molecule has 1 fully saturated rings. The summed E-state index contributed by atoms with van der Waals surface area (Å²) in [5, 5.41) is 5.74. The third-order valence-electron chi connectivity index (χ3n) is 6.18. The van der Waals surface area contributed by atoms with Gasteiger partial charge in [0.05, 0.1) is 23.5 Å². The molecule has 8 nitrogen and oxygen atoms in total. The van der Waals surface area contributed by atoms with E-state index in [0.717, 1.165) is 23.9 Å². The first-order valence-corrected chi connectivity index (χ1v) is 11.9. The molecule has 3 N–H and O–H groups in total. The monoisotopic (exact) mass is 455 g/mol. The zero-order valence-electron chi connectivity index (χ0n) is 20.4. The van der Waals surface area contributed by atoms with Crippen LogP contribution in [0.15, 0.2) is 24.3 Å². The predicted octanol–water partition coefficient (Wildman–Crippen LogP) is 3.45. The van der Waals surface area contributed by atoms with E-state index in [-0.39, 0.29) is 35.6 Å². The molecule has 3 rings (SSSR count). The molecule has 2 heterocycles. The molecule has 1 aliphatic rings. The number of aromatic amines is 1. The van der Waals surface area contributed by atoms with Gasteiger partial charge in [-0.15, -0.1) is 0 Å². The van der Waals surface area contributed by atoms with Gasteiger partial charge in [-0.2, -0.15) is 0 Å². The molecule has 8 heteroatoms. The molecule has 1 aromatic carbocycles. The van der Waals surface area contributed by atoms with Crippen molar-refractivity contribution in [2.24, 2.45) is 5.41 Å². The van der Waals surface area contributed by atoms with E-state index in [1.165, 1.54) is 0 Å². The Labute approximate surface area is 195 Å². The summed E-state index contributed by atoms with van der Waals surface area (Å²) < 4.78 is 0. The largest absolute Gasteiger partial charge is 0.345 e. The maximum Gasteiger partial charge on any atom is 0.243 e. The Morgan fingerprint density at radius 1 is 1.21 bits per heavy atom. The molecule has 0 radical (unpaired) electrons. The van der Waals surface area contributed by atoms with Gasteiger partial charge >= 0.3 is 0 Å². The number of carbonyl (C=O) groups excluding carboxylic acids is 3. The lowest BCUT2D eigenvalue weighted by Gasteiger charge is -2.26. The average Bonchev–Trinajstić information content (AvgIpc) is 3.37. The number of likely N-dealkylation sites (tertiary alicyclic amines) is 1. The average molecular weight is 456 g/mol. The van der Waals surface area contributed by atoms with Crippen LogP contribution in [0.2, 0.25) is 0 Å². The first-order valence-electron chi connectivity index (χ1n) is 11.9. The highest BCUT2D eigenvalue weighted by atomic mass is 16.2. The van der Waals surface area contributed by atoms with Gasteiger partial charge in [0.1, 0.15) is 11.9 Å². The van der Waals surface area contributed by atoms with Crippen molar-refractivity contribution in [1.29, 1.82) is 0 Å². The van der Waals surface area contributed by atoms with E-state index in [1.54, 1.807) is 0 Å². The van der Waals surface area contributed by atoms with Crippen molar-refractivity contribution in [1.82, 2.24) is 25.5 Å². The number of hydrogen-bond acceptors (Lipinski definition) is 4. The van der Waals surface area contributed by atoms with Crippen LogP contribution in [0.3, 0.4) is 0 Å². The smallest absolute Gasteiger partial charge is 0.243 e. The minimum Gasteiger partial charge on any atom is -0.345 e. The molecule has 180 valence electrons. The Hall–Kier alpha value is -2.90. The summed E-state index contributed by atoms with van der Waals surface area (Å²) in [6.07, 6.45) is 2.87. The molecule has 0 aliphatic carbocycles. The number of nitrogens with zero attached hydrogens (tertiary/aromatic N) is 2. The maximum atomic E-state index is 13.2. The number of rotatable bonds is 8. The van der Waals surface area contributed by atoms with Crippen LogP contribution in [0, 0.1) is 5.41 Å². The normalized spacial score (nSPS) is 18.2. The Kier molecular flexibility index (Phi) is 7.76. The van der Waals surface area contributed by atoms with Crippen LogP contribution in [0.4, 0.5) is 0 Å². The number of H-pyrrole nitrogens is 1. The van der Waals surface area contributed by atoms with Crippen LogP contribution < -0.4 is 10.6 Å². The van der Waals surface area contributed by atoms with Gasteiger partial charge in [0, 0.05) is 19.0 Å². The van der Waals surface area contributed by atoms with Crippen LogP contribution in [0.5, 0.6) is 0 Å². The van der Waals surface area contributed by atoms with Gasteiger partial charge in [-0.25, -0.2) is 4.98 Å². The van der Waals surface area contributed by atoms with Crippen molar-refractivity contribution < 1.29 is 14.4 Å². The summed E-state index contributed by atoms with van der Waals surface area (Å²) in [6.45, 7) is 10.7. The van der Waals surface area contributed by atoms with Crippen LogP contribution in [-0.4, -0.2) is 51.2 Å². The van der Waals surface area contributed by atoms with Crippen molar-refractivity contribution in [3.63, 3.8) is 0 Å². The minimum absolute atomic E-state index is 0.00566. The fourth-order valence-corrected chi connectivity index (χ4v) is 4.12. The summed E-state index contributed by atoms with van der Waals surface area (Å²) in [4.78, 5) is 48.3. The second kappa shape index (κ2) is 10.4. The van der Waals surface area contributed by atoms with E-state index >= 15 is 0 Å². The van der Waals surface area contributed by atoms with Crippen molar-refractivity contribution >= 4 is 28.8 Å². The maximum absolute atomic E-state index is 13.2. The van der Waals surface area contributed by atoms with E-state index in [0.29, 0.717) is 25.2 Å². The van der Waals surface area contributed by atoms with Gasteiger partial charge in [0.2, 0.25) is 17.7 Å². The molecule has 0 bridgehead atoms. The third-order valence-corrected chi connectivity index (χ3v) is 6.18. The zero-order chi connectivity index (χ0) is 24.2. The zero-order valence-corrected chi connectivity index (χ0v) is 20.4. The van der Waals surface area contributed by atoms with E-state index < -0.39 is 12.1 Å². The summed E-state index contributed by atoms with van der Waals surface area (Å²) in [6, 6.07) is 6.48. The quantitative estimate of drug-likeness (QED) is 0.567. The molecule has 3 atom stereocenters. The van der Waals surface area contributed by atoms with Gasteiger partial charge in [0.15, 0.2) is 0 Å². The second-order valence-corrected chi connectivity index (χ2v) is 10.3. The van der Waals surface area contributed by atoms with Crippen LogP contribution in [-0.2, 0) is 14.4 Å². The first-order chi connectivity index (χ1) is 15.5. The van der Waals surface area contributed by atoms with E-state index in [4.69, 9.17) is 0 Å². The predicted molar refractivity (Wildman–Crippen MR) is 128 cm³/mol. The van der Waals surface area contributed by atoms with Gasteiger partial charge < -0.3 is 20.5 Å². The van der Waals surface area contributed by atoms with Crippen molar-refractivity contribution in [2.75, 3.05) is 6.54 Å². The lowest BCUT2D eigenvalue weighted by molar-refractivity contribution is -0.137. The summed E-state index contributed by atoms with van der Waals surface area (Å²) >= 11 is 0. The standard InChI is InChI=1S/C25H37N5O3/c1-16-9-8-14-30(16)22(32)15-20(27-21(31)12-13-25(3,4)5)24(33)26-17(2)23-28-18-10-6-7-11-19(18)29-23/h6-7,10-11,16-17,20H,8-9,12-15H2,1-5H3,(H,26,33)(H,27,31)(H,28,29)/t16-,17+,20-/m0/s1. The third kappa shape index (κ3) is 6.79. The molecule has 0 unspecified atom stereocenters. The molecule has 1 saturated heterocycles. The molecular formula is C25H37N5O3. The number of carbonyl (C=O) groups is 3. The van der Waals surface area contributed by atoms with Crippen molar-refractivity contribution in [2.45, 2.75) is 84.8 Å². The fraction of sp³-hybridized carbons (Fsp3) is 0.600. The molecule has 0 saturated carbocycles. The Morgan fingerprint density at radius 3 is 2.58 bits per heavy atom. The topological polar surface area (TPSA) is 107 Å². The van der Waals surface area contributed by atoms with Gasteiger partial charge in [-0.05, 0) is 50.7 Å². The SMILES string of the molecule is C[C@@H](NC(=O)[C@H](CC(=O)N1CCC[C@@H]1C)NC(=O)CCC(C)(C)C)c1nc2ccccc2[nH]1. The van der Waals surface area contributed by atoms with Crippen LogP contribution >= 0.6 is 0 Å². The van der Waals surface area contributed by atoms with E-state index in [1.807, 2.05) is 43.0 Å². The van der Waals surface area contributed by atoms with Gasteiger partial charge in [-0.1, -0.05) is 32.9 Å². The highest BCUT2D eigenvalue weighted by Crippen LogP contribution is 2.21. The lowest BCUT2D eigenvalue weighted by atomic mass is 9.90. The summed E-state index contributed by atoms with van der Waals surface area (Å²) in [5.74, 6) is -0.0782. The van der Waals surface area contributed by atoms with Crippen molar-refractivity contribution in [3.05, 3.63) is 30.1 Å². The van der Waals surface area contributed by atoms with Gasteiger partial charge in [-0.3, -0.25) is 14.4 Å². The first kappa shape index (κ1) is 24.7. The van der Waals surface area contributed by atoms with Gasteiger partial charge in [0.25, 0.3) is 0 Å². The number of amides is 3. The fourth-order valence-electron chi connectivity index (χ4n) is 4.12.